The molecule has 3 rings (SSSR count). The fraction of sp³-hybridized carbons (Fsp3) is 0.333. The van der Waals surface area contributed by atoms with Gasteiger partial charge < -0.3 is 4.74 Å². The number of nitrogens with one attached hydrogen (secondary N) is 1. The molecule has 1 fully saturated rings. The number of piperidine rings is 1. The van der Waals surface area contributed by atoms with Crippen molar-refractivity contribution >= 4 is 23.7 Å². The van der Waals surface area contributed by atoms with E-state index in [1.165, 1.54) is 5.56 Å². The Morgan fingerprint density at radius 1 is 1.22 bits per heavy atom. The van der Waals surface area contributed by atoms with Gasteiger partial charge in [-0.2, -0.15) is 5.10 Å². The SMILES string of the molecule is COc1ccccc1C=NNC(=O)C1CCN(Cc2ccc(Cl)cc2)CC1. The highest BCUT2D eigenvalue weighted by molar-refractivity contribution is 6.30. The normalized spacial score (nSPS) is 15.8. The summed E-state index contributed by atoms with van der Waals surface area (Å²) in [5, 5.41) is 4.84. The Morgan fingerprint density at radius 2 is 1.93 bits per heavy atom. The molecule has 1 amide bonds. The molecule has 0 spiro atoms. The number of carbonyl (C=O) groups excluding carboxylic acids is 1. The van der Waals surface area contributed by atoms with Gasteiger partial charge in [0, 0.05) is 23.0 Å². The van der Waals surface area contributed by atoms with Gasteiger partial charge in [-0.3, -0.25) is 9.69 Å². The van der Waals surface area contributed by atoms with Crippen LogP contribution in [0.25, 0.3) is 0 Å². The average molecular weight is 386 g/mol. The average Bonchev–Trinajstić information content (AvgIpc) is 2.70. The van der Waals surface area contributed by atoms with Gasteiger partial charge in [-0.05, 0) is 55.8 Å². The molecule has 1 aliphatic rings. The van der Waals surface area contributed by atoms with Crippen LogP contribution in [0.5, 0.6) is 5.75 Å². The topological polar surface area (TPSA) is 53.9 Å². The number of hydrazone groups is 1. The van der Waals surface area contributed by atoms with Crippen LogP contribution < -0.4 is 10.2 Å². The van der Waals surface area contributed by atoms with Gasteiger partial charge in [0.2, 0.25) is 5.91 Å². The first kappa shape index (κ1) is 19.4. The van der Waals surface area contributed by atoms with Crippen LogP contribution in [0.1, 0.15) is 24.0 Å². The molecule has 1 saturated heterocycles. The van der Waals surface area contributed by atoms with Gasteiger partial charge >= 0.3 is 0 Å². The van der Waals surface area contributed by atoms with Crippen molar-refractivity contribution in [1.29, 1.82) is 0 Å². The van der Waals surface area contributed by atoms with Crippen LogP contribution in [-0.4, -0.2) is 37.2 Å². The van der Waals surface area contributed by atoms with Gasteiger partial charge in [-0.15, -0.1) is 0 Å². The summed E-state index contributed by atoms with van der Waals surface area (Å²) in [6, 6.07) is 15.5. The zero-order valence-corrected chi connectivity index (χ0v) is 16.2. The lowest BCUT2D eigenvalue weighted by Crippen LogP contribution is -2.39. The molecule has 1 aliphatic heterocycles. The molecule has 0 atom stereocenters. The van der Waals surface area contributed by atoms with Gasteiger partial charge in [0.05, 0.1) is 13.3 Å². The Labute approximate surface area is 165 Å². The number of amides is 1. The molecule has 0 aromatic heterocycles. The molecule has 6 heteroatoms. The van der Waals surface area contributed by atoms with Gasteiger partial charge in [-0.25, -0.2) is 5.43 Å². The summed E-state index contributed by atoms with van der Waals surface area (Å²) in [5.74, 6) is 0.708. The van der Waals surface area contributed by atoms with Gasteiger partial charge in [0.25, 0.3) is 0 Å². The van der Waals surface area contributed by atoms with Crippen LogP contribution in [0.3, 0.4) is 0 Å². The fourth-order valence-corrected chi connectivity index (χ4v) is 3.36. The van der Waals surface area contributed by atoms with Crippen molar-refractivity contribution in [3.63, 3.8) is 0 Å². The first-order valence-corrected chi connectivity index (χ1v) is 9.46. The molecule has 2 aromatic rings. The van der Waals surface area contributed by atoms with Crippen molar-refractivity contribution < 1.29 is 9.53 Å². The Balaban J connectivity index is 1.45. The third kappa shape index (κ3) is 5.55. The van der Waals surface area contributed by atoms with Crippen molar-refractivity contribution in [2.24, 2.45) is 11.0 Å². The molecule has 1 N–H and O–H groups in total. The summed E-state index contributed by atoms with van der Waals surface area (Å²) in [6.45, 7) is 2.69. The van der Waals surface area contributed by atoms with Crippen LogP contribution in [-0.2, 0) is 11.3 Å². The molecular weight excluding hydrogens is 362 g/mol. The number of halogens is 1. The van der Waals surface area contributed by atoms with E-state index >= 15 is 0 Å². The molecule has 1 heterocycles. The molecule has 2 aromatic carbocycles. The third-order valence-electron chi connectivity index (χ3n) is 4.80. The number of carbonyl (C=O) groups is 1. The van der Waals surface area contributed by atoms with Crippen molar-refractivity contribution in [2.45, 2.75) is 19.4 Å². The van der Waals surface area contributed by atoms with Crippen LogP contribution in [0, 0.1) is 5.92 Å². The summed E-state index contributed by atoms with van der Waals surface area (Å²) >= 11 is 5.93. The van der Waals surface area contributed by atoms with Gasteiger partial charge in [-0.1, -0.05) is 35.9 Å². The van der Waals surface area contributed by atoms with Crippen LogP contribution in [0.15, 0.2) is 53.6 Å². The summed E-state index contributed by atoms with van der Waals surface area (Å²) in [6.07, 6.45) is 3.29. The highest BCUT2D eigenvalue weighted by Crippen LogP contribution is 2.20. The molecule has 27 heavy (non-hydrogen) atoms. The Kier molecular flexibility index (Phi) is 6.85. The first-order chi connectivity index (χ1) is 13.2. The Bertz CT molecular complexity index is 784. The zero-order valence-electron chi connectivity index (χ0n) is 15.4. The second kappa shape index (κ2) is 9.53. The molecule has 5 nitrogen and oxygen atoms in total. The molecule has 0 saturated carbocycles. The first-order valence-electron chi connectivity index (χ1n) is 9.08. The predicted octanol–water partition coefficient (Wildman–Crippen LogP) is 3.71. The number of ether oxygens (including phenoxy) is 1. The molecule has 142 valence electrons. The van der Waals surface area contributed by atoms with Gasteiger partial charge in [0.15, 0.2) is 0 Å². The number of benzene rings is 2. The molecule has 0 bridgehead atoms. The number of hydrogen-bond acceptors (Lipinski definition) is 4. The van der Waals surface area contributed by atoms with E-state index in [-0.39, 0.29) is 11.8 Å². The predicted molar refractivity (Wildman–Crippen MR) is 108 cm³/mol. The van der Waals surface area contributed by atoms with E-state index in [0.717, 1.165) is 48.8 Å². The number of nitrogens with zero attached hydrogens (tertiary/aromatic N) is 2. The van der Waals surface area contributed by atoms with Crippen LogP contribution in [0.2, 0.25) is 5.02 Å². The Morgan fingerprint density at radius 3 is 2.63 bits per heavy atom. The second-order valence-corrected chi connectivity index (χ2v) is 7.09. The van der Waals surface area contributed by atoms with E-state index in [9.17, 15) is 4.79 Å². The zero-order chi connectivity index (χ0) is 19.1. The molecule has 0 aliphatic carbocycles. The number of rotatable bonds is 6. The number of likely N-dealkylation sites (tertiary alicyclic amines) is 1. The second-order valence-electron chi connectivity index (χ2n) is 6.65. The van der Waals surface area contributed by atoms with Crippen molar-refractivity contribution in [3.05, 3.63) is 64.7 Å². The van der Waals surface area contributed by atoms with Gasteiger partial charge in [0.1, 0.15) is 5.75 Å². The van der Waals surface area contributed by atoms with Crippen molar-refractivity contribution in [1.82, 2.24) is 10.3 Å². The lowest BCUT2D eigenvalue weighted by Gasteiger charge is -2.30. The Hall–Kier alpha value is -2.37. The smallest absolute Gasteiger partial charge is 0.243 e. The summed E-state index contributed by atoms with van der Waals surface area (Å²) in [5.41, 5.74) is 4.74. The summed E-state index contributed by atoms with van der Waals surface area (Å²) in [7, 11) is 1.61. The van der Waals surface area contributed by atoms with E-state index in [2.05, 4.69) is 15.4 Å². The minimum absolute atomic E-state index is 0.00119. The maximum atomic E-state index is 12.4. The van der Waals surface area contributed by atoms with Crippen LogP contribution >= 0.6 is 11.6 Å². The van der Waals surface area contributed by atoms with E-state index in [0.29, 0.717) is 0 Å². The maximum Gasteiger partial charge on any atom is 0.243 e. The van der Waals surface area contributed by atoms with Crippen LogP contribution in [0.4, 0.5) is 0 Å². The minimum Gasteiger partial charge on any atom is -0.496 e. The van der Waals surface area contributed by atoms with Crippen molar-refractivity contribution in [3.8, 4) is 5.75 Å². The molecule has 0 radical (unpaired) electrons. The lowest BCUT2D eigenvalue weighted by atomic mass is 9.96. The summed E-state index contributed by atoms with van der Waals surface area (Å²) in [4.78, 5) is 14.7. The van der Waals surface area contributed by atoms with Crippen molar-refractivity contribution in [2.75, 3.05) is 20.2 Å². The highest BCUT2D eigenvalue weighted by atomic mass is 35.5. The summed E-state index contributed by atoms with van der Waals surface area (Å²) < 4.78 is 5.27. The van der Waals surface area contributed by atoms with E-state index in [1.807, 2.05) is 48.5 Å². The van der Waals surface area contributed by atoms with E-state index in [4.69, 9.17) is 16.3 Å². The largest absolute Gasteiger partial charge is 0.496 e. The number of hydrogen-bond donors (Lipinski definition) is 1. The minimum atomic E-state index is -0.0210. The highest BCUT2D eigenvalue weighted by Gasteiger charge is 2.24. The quantitative estimate of drug-likeness (QED) is 0.609. The fourth-order valence-electron chi connectivity index (χ4n) is 3.23. The molecular formula is C21H24ClN3O2. The van der Waals surface area contributed by atoms with E-state index in [1.54, 1.807) is 13.3 Å². The molecule has 0 unspecified atom stereocenters. The number of para-hydroxylation sites is 1. The lowest BCUT2D eigenvalue weighted by molar-refractivity contribution is -0.126. The monoisotopic (exact) mass is 385 g/mol. The maximum absolute atomic E-state index is 12.4. The number of methoxy groups -OCH3 is 1. The standard InChI is InChI=1S/C21H24ClN3O2/c1-27-20-5-3-2-4-18(20)14-23-24-21(26)17-10-12-25(13-11-17)15-16-6-8-19(22)9-7-16/h2-9,14,17H,10-13,15H2,1H3,(H,24,26). The van der Waals surface area contributed by atoms with E-state index < -0.39 is 0 Å². The third-order valence-corrected chi connectivity index (χ3v) is 5.05.